The predicted molar refractivity (Wildman–Crippen MR) is 56.9 cm³/mol. The molecule has 0 bridgehead atoms. The maximum Gasteiger partial charge on any atom is 0.0404 e. The smallest absolute Gasteiger partial charge is 0.0404 e. The third-order valence-corrected chi connectivity index (χ3v) is 1.88. The van der Waals surface area contributed by atoms with Crippen molar-refractivity contribution in [3.05, 3.63) is 12.2 Å². The van der Waals surface area contributed by atoms with Crippen molar-refractivity contribution in [1.82, 2.24) is 4.90 Å². The minimum Gasteiger partial charge on any atom is -0.300 e. The molecular weight excluding hydrogens is 170 g/mol. The molecule has 0 rings (SSSR count). The van der Waals surface area contributed by atoms with Crippen LogP contribution in [-0.4, -0.2) is 30.4 Å². The summed E-state index contributed by atoms with van der Waals surface area (Å²) in [4.78, 5) is 2.45. The van der Waals surface area contributed by atoms with E-state index < -0.39 is 0 Å². The zero-order valence-corrected chi connectivity index (χ0v) is 8.98. The Balaban J connectivity index is 3.54. The van der Waals surface area contributed by atoms with E-state index in [-0.39, 0.29) is 0 Å². The number of hydrogen-bond acceptors (Lipinski definition) is 1. The molecule has 12 heavy (non-hydrogen) atoms. The molecule has 0 aromatic rings. The second-order valence-corrected chi connectivity index (χ2v) is 3.23. The Hall–Kier alpha value is -0.0100. The average molecular weight is 190 g/mol. The second-order valence-electron chi connectivity index (χ2n) is 2.93. The highest BCUT2D eigenvalue weighted by Gasteiger charge is 1.97. The molecule has 0 aliphatic carbocycles. The van der Waals surface area contributed by atoms with Crippen molar-refractivity contribution in [1.29, 1.82) is 0 Å². The summed E-state index contributed by atoms with van der Waals surface area (Å²) in [7, 11) is 0. The Morgan fingerprint density at radius 3 is 2.08 bits per heavy atom. The fourth-order valence-electron chi connectivity index (χ4n) is 1.21. The summed E-state index contributed by atoms with van der Waals surface area (Å²) >= 11 is 5.53. The molecule has 0 saturated heterocycles. The van der Waals surface area contributed by atoms with E-state index in [4.69, 9.17) is 11.6 Å². The van der Waals surface area contributed by atoms with Crippen molar-refractivity contribution in [3.63, 3.8) is 0 Å². The first-order valence-corrected chi connectivity index (χ1v) is 5.31. The van der Waals surface area contributed by atoms with Gasteiger partial charge < -0.3 is 0 Å². The van der Waals surface area contributed by atoms with Crippen molar-refractivity contribution < 1.29 is 0 Å². The zero-order valence-electron chi connectivity index (χ0n) is 8.22. The third-order valence-electron chi connectivity index (χ3n) is 1.70. The van der Waals surface area contributed by atoms with Gasteiger partial charge in [0.25, 0.3) is 0 Å². The standard InChI is InChI=1S/C10H20ClN/c1-3-8-12(9-4-2)10-6-5-7-11/h5-6H,3-4,7-10H2,1-2H3. The van der Waals surface area contributed by atoms with Crippen LogP contribution in [0.2, 0.25) is 0 Å². The van der Waals surface area contributed by atoms with Crippen molar-refractivity contribution >= 4 is 11.6 Å². The van der Waals surface area contributed by atoms with Gasteiger partial charge in [-0.2, -0.15) is 0 Å². The Morgan fingerprint density at radius 1 is 1.08 bits per heavy atom. The third kappa shape index (κ3) is 6.68. The van der Waals surface area contributed by atoms with Crippen LogP contribution in [0.3, 0.4) is 0 Å². The van der Waals surface area contributed by atoms with Gasteiger partial charge in [0.1, 0.15) is 0 Å². The normalized spacial score (nSPS) is 11.7. The highest BCUT2D eigenvalue weighted by Crippen LogP contribution is 1.94. The molecule has 0 aliphatic rings. The second kappa shape index (κ2) is 9.08. The SMILES string of the molecule is CCCN(CC=CCCl)CCC. The summed E-state index contributed by atoms with van der Waals surface area (Å²) in [5, 5.41) is 0. The summed E-state index contributed by atoms with van der Waals surface area (Å²) in [6.45, 7) is 7.87. The van der Waals surface area contributed by atoms with Crippen LogP contribution < -0.4 is 0 Å². The Labute approximate surface area is 81.4 Å². The van der Waals surface area contributed by atoms with Crippen molar-refractivity contribution in [3.8, 4) is 0 Å². The van der Waals surface area contributed by atoms with Crippen LogP contribution in [0.5, 0.6) is 0 Å². The van der Waals surface area contributed by atoms with E-state index in [1.807, 2.05) is 6.08 Å². The summed E-state index contributed by atoms with van der Waals surface area (Å²) in [6.07, 6.45) is 6.63. The van der Waals surface area contributed by atoms with E-state index in [9.17, 15) is 0 Å². The van der Waals surface area contributed by atoms with Crippen LogP contribution in [0.4, 0.5) is 0 Å². The van der Waals surface area contributed by atoms with E-state index in [0.717, 1.165) is 6.54 Å². The Bertz CT molecular complexity index is 106. The number of hydrogen-bond donors (Lipinski definition) is 0. The first kappa shape index (κ1) is 12.0. The maximum atomic E-state index is 5.53. The fraction of sp³-hybridized carbons (Fsp3) is 0.800. The number of rotatable bonds is 7. The van der Waals surface area contributed by atoms with Gasteiger partial charge in [0.15, 0.2) is 0 Å². The summed E-state index contributed by atoms with van der Waals surface area (Å²) < 4.78 is 0. The Kier molecular flexibility index (Phi) is 9.07. The van der Waals surface area contributed by atoms with Gasteiger partial charge >= 0.3 is 0 Å². The first-order chi connectivity index (χ1) is 5.85. The number of alkyl halides is 1. The molecule has 0 unspecified atom stereocenters. The van der Waals surface area contributed by atoms with Gasteiger partial charge in [0, 0.05) is 12.4 Å². The zero-order chi connectivity index (χ0) is 9.23. The van der Waals surface area contributed by atoms with E-state index in [0.29, 0.717) is 5.88 Å². The van der Waals surface area contributed by atoms with Crippen LogP contribution >= 0.6 is 11.6 Å². The van der Waals surface area contributed by atoms with Crippen molar-refractivity contribution in [2.45, 2.75) is 26.7 Å². The number of nitrogens with zero attached hydrogens (tertiary/aromatic N) is 1. The van der Waals surface area contributed by atoms with E-state index >= 15 is 0 Å². The van der Waals surface area contributed by atoms with Gasteiger partial charge in [-0.25, -0.2) is 0 Å². The van der Waals surface area contributed by atoms with Gasteiger partial charge in [-0.1, -0.05) is 26.0 Å². The van der Waals surface area contributed by atoms with Crippen molar-refractivity contribution in [2.24, 2.45) is 0 Å². The topological polar surface area (TPSA) is 3.24 Å². The highest BCUT2D eigenvalue weighted by atomic mass is 35.5. The molecule has 0 radical (unpaired) electrons. The fourth-order valence-corrected chi connectivity index (χ4v) is 1.34. The van der Waals surface area contributed by atoms with Gasteiger partial charge in [-0.3, -0.25) is 4.90 Å². The Morgan fingerprint density at radius 2 is 1.67 bits per heavy atom. The van der Waals surface area contributed by atoms with Gasteiger partial charge in [-0.15, -0.1) is 11.6 Å². The lowest BCUT2D eigenvalue weighted by molar-refractivity contribution is 0.303. The van der Waals surface area contributed by atoms with E-state index in [1.165, 1.54) is 25.9 Å². The van der Waals surface area contributed by atoms with E-state index in [2.05, 4.69) is 24.8 Å². The van der Waals surface area contributed by atoms with Gasteiger partial charge in [0.05, 0.1) is 0 Å². The lowest BCUT2D eigenvalue weighted by atomic mass is 10.3. The predicted octanol–water partition coefficient (Wildman–Crippen LogP) is 2.90. The van der Waals surface area contributed by atoms with Crippen LogP contribution in [0, 0.1) is 0 Å². The average Bonchev–Trinajstić information content (AvgIpc) is 2.06. The molecule has 2 heteroatoms. The van der Waals surface area contributed by atoms with Crippen LogP contribution in [-0.2, 0) is 0 Å². The molecule has 0 aromatic carbocycles. The molecule has 72 valence electrons. The molecule has 0 amide bonds. The largest absolute Gasteiger partial charge is 0.300 e. The molecule has 0 atom stereocenters. The minimum absolute atomic E-state index is 0.631. The molecule has 0 aromatic heterocycles. The molecule has 0 fully saturated rings. The molecule has 0 aliphatic heterocycles. The summed E-state index contributed by atoms with van der Waals surface area (Å²) in [6, 6.07) is 0. The molecule has 0 N–H and O–H groups in total. The van der Waals surface area contributed by atoms with Crippen LogP contribution in [0.1, 0.15) is 26.7 Å². The molecule has 0 saturated carbocycles. The molecule has 0 spiro atoms. The van der Waals surface area contributed by atoms with E-state index in [1.54, 1.807) is 0 Å². The van der Waals surface area contributed by atoms with Crippen LogP contribution in [0.25, 0.3) is 0 Å². The lowest BCUT2D eigenvalue weighted by Gasteiger charge is -2.18. The molecule has 1 nitrogen and oxygen atoms in total. The number of allylic oxidation sites excluding steroid dienone is 1. The highest BCUT2D eigenvalue weighted by molar-refractivity contribution is 6.18. The van der Waals surface area contributed by atoms with Gasteiger partial charge in [-0.05, 0) is 25.9 Å². The quantitative estimate of drug-likeness (QED) is 0.440. The molecule has 0 heterocycles. The van der Waals surface area contributed by atoms with Crippen LogP contribution in [0.15, 0.2) is 12.2 Å². The van der Waals surface area contributed by atoms with Crippen molar-refractivity contribution in [2.75, 3.05) is 25.5 Å². The summed E-state index contributed by atoms with van der Waals surface area (Å²) in [5.41, 5.74) is 0. The van der Waals surface area contributed by atoms with Gasteiger partial charge in [0.2, 0.25) is 0 Å². The number of halogens is 1. The monoisotopic (exact) mass is 189 g/mol. The minimum atomic E-state index is 0.631. The lowest BCUT2D eigenvalue weighted by Crippen LogP contribution is -2.25. The first-order valence-electron chi connectivity index (χ1n) is 4.78. The summed E-state index contributed by atoms with van der Waals surface area (Å²) in [5.74, 6) is 0.631. The molecular formula is C10H20ClN. The maximum absolute atomic E-state index is 5.53.